The van der Waals surface area contributed by atoms with Crippen molar-refractivity contribution >= 4 is 15.4 Å². The van der Waals surface area contributed by atoms with Crippen molar-refractivity contribution in [3.05, 3.63) is 66.0 Å². The van der Waals surface area contributed by atoms with E-state index in [1.807, 2.05) is 30.5 Å². The van der Waals surface area contributed by atoms with Crippen LogP contribution in [0.2, 0.25) is 0 Å². The van der Waals surface area contributed by atoms with E-state index in [0.29, 0.717) is 9.79 Å². The summed E-state index contributed by atoms with van der Waals surface area (Å²) in [5, 5.41) is 0. The number of nitrogens with zero attached hydrogens (tertiary/aromatic N) is 1. The molecule has 0 unspecified atom stereocenters. The number of benzene rings is 1. The van der Waals surface area contributed by atoms with Gasteiger partial charge >= 0.3 is 0 Å². The van der Waals surface area contributed by atoms with E-state index in [4.69, 9.17) is 0 Å². The topological polar surface area (TPSA) is 38.5 Å². The van der Waals surface area contributed by atoms with Crippen molar-refractivity contribution < 1.29 is 8.42 Å². The lowest BCUT2D eigenvalue weighted by Crippen LogP contribution is -2.08. The van der Waals surface area contributed by atoms with Crippen LogP contribution in [0.3, 0.4) is 0 Å². The zero-order valence-corrected chi connectivity index (χ0v) is 13.0. The van der Waals surface area contributed by atoms with Crippen molar-refractivity contribution in [3.8, 4) is 0 Å². The number of aromatic nitrogens is 1. The van der Waals surface area contributed by atoms with Crippen LogP contribution >= 0.6 is 0 Å². The van der Waals surface area contributed by atoms with E-state index >= 15 is 0 Å². The fraction of sp³-hybridized carbons (Fsp3) is 0.222. The minimum atomic E-state index is -3.48. The van der Waals surface area contributed by atoms with Crippen molar-refractivity contribution in [1.29, 1.82) is 0 Å². The molecule has 112 valence electrons. The first-order valence-corrected chi connectivity index (χ1v) is 9.09. The summed E-state index contributed by atoms with van der Waals surface area (Å²) in [4.78, 5) is 0.883. The maximum absolute atomic E-state index is 13.2. The molecule has 2 aromatic heterocycles. The first-order chi connectivity index (χ1) is 10.7. The van der Waals surface area contributed by atoms with Crippen LogP contribution in [-0.4, -0.2) is 12.8 Å². The van der Waals surface area contributed by atoms with Crippen LogP contribution in [0.25, 0.3) is 5.52 Å². The van der Waals surface area contributed by atoms with Crippen LogP contribution in [0.1, 0.15) is 24.1 Å². The number of rotatable bonds is 2. The number of sulfone groups is 1. The van der Waals surface area contributed by atoms with Gasteiger partial charge in [-0.05, 0) is 55.5 Å². The van der Waals surface area contributed by atoms with Gasteiger partial charge in [-0.2, -0.15) is 0 Å². The maximum Gasteiger partial charge on any atom is 0.209 e. The number of fused-ring (bicyclic) bond motifs is 3. The Kier molecular flexibility index (Phi) is 3.08. The van der Waals surface area contributed by atoms with Crippen LogP contribution in [0, 0.1) is 0 Å². The third kappa shape index (κ3) is 1.91. The Bertz CT molecular complexity index is 940. The van der Waals surface area contributed by atoms with Gasteiger partial charge in [0.2, 0.25) is 9.84 Å². The third-order valence-corrected chi connectivity index (χ3v) is 6.30. The monoisotopic (exact) mass is 311 g/mol. The first-order valence-electron chi connectivity index (χ1n) is 7.60. The predicted octanol–water partition coefficient (Wildman–Crippen LogP) is 3.65. The lowest BCUT2D eigenvalue weighted by Gasteiger charge is -2.13. The Labute approximate surface area is 130 Å². The second-order valence-corrected chi connectivity index (χ2v) is 7.62. The lowest BCUT2D eigenvalue weighted by atomic mass is 9.98. The summed E-state index contributed by atoms with van der Waals surface area (Å²) >= 11 is 0. The molecule has 0 saturated heterocycles. The molecular formula is C18H17NO2S. The molecule has 3 nitrogen and oxygen atoms in total. The standard InChI is InChI=1S/C18H17NO2S/c20-22(21,14-8-2-1-3-9-14)18-15-10-4-5-11-16(15)19-13-7-6-12-17(18)19/h1-3,6-9,12-13H,4-5,10-11H2. The highest BCUT2D eigenvalue weighted by molar-refractivity contribution is 7.91. The van der Waals surface area contributed by atoms with E-state index in [1.54, 1.807) is 24.3 Å². The highest BCUT2D eigenvalue weighted by Crippen LogP contribution is 2.36. The van der Waals surface area contributed by atoms with Gasteiger partial charge in [0, 0.05) is 11.9 Å². The summed E-state index contributed by atoms with van der Waals surface area (Å²) in [6.45, 7) is 0. The van der Waals surface area contributed by atoms with Crippen molar-refractivity contribution in [2.45, 2.75) is 35.5 Å². The van der Waals surface area contributed by atoms with Gasteiger partial charge in [-0.1, -0.05) is 24.3 Å². The van der Waals surface area contributed by atoms with Crippen LogP contribution in [0.5, 0.6) is 0 Å². The van der Waals surface area contributed by atoms with Gasteiger partial charge in [0.05, 0.1) is 10.4 Å². The highest BCUT2D eigenvalue weighted by Gasteiger charge is 2.29. The molecule has 0 bridgehead atoms. The summed E-state index contributed by atoms with van der Waals surface area (Å²) in [5.41, 5.74) is 2.98. The van der Waals surface area contributed by atoms with Gasteiger partial charge in [-0.25, -0.2) is 8.42 Å². The van der Waals surface area contributed by atoms with Crippen LogP contribution in [-0.2, 0) is 22.7 Å². The van der Waals surface area contributed by atoms with E-state index in [9.17, 15) is 8.42 Å². The molecule has 0 N–H and O–H groups in total. The molecule has 3 aromatic rings. The maximum atomic E-state index is 13.2. The Morgan fingerprint density at radius 1 is 0.864 bits per heavy atom. The van der Waals surface area contributed by atoms with E-state index < -0.39 is 9.84 Å². The molecule has 2 heterocycles. The molecule has 0 spiro atoms. The summed E-state index contributed by atoms with van der Waals surface area (Å²) in [6, 6.07) is 14.5. The lowest BCUT2D eigenvalue weighted by molar-refractivity contribution is 0.593. The van der Waals surface area contributed by atoms with Gasteiger partial charge in [0.15, 0.2) is 0 Å². The molecular weight excluding hydrogens is 294 g/mol. The molecule has 0 atom stereocenters. The Balaban J connectivity index is 2.07. The highest BCUT2D eigenvalue weighted by atomic mass is 32.2. The van der Waals surface area contributed by atoms with Crippen molar-refractivity contribution in [2.24, 2.45) is 0 Å². The molecule has 22 heavy (non-hydrogen) atoms. The van der Waals surface area contributed by atoms with Crippen molar-refractivity contribution in [2.75, 3.05) is 0 Å². The summed E-state index contributed by atoms with van der Waals surface area (Å²) in [6.07, 6.45) is 5.95. The van der Waals surface area contributed by atoms with Crippen molar-refractivity contribution in [1.82, 2.24) is 4.40 Å². The Hall–Kier alpha value is -2.07. The van der Waals surface area contributed by atoms with Gasteiger partial charge in [0.25, 0.3) is 0 Å². The van der Waals surface area contributed by atoms with Crippen LogP contribution < -0.4 is 0 Å². The molecule has 4 heteroatoms. The second kappa shape index (κ2) is 4.99. The normalized spacial score (nSPS) is 14.9. The minimum absolute atomic E-state index is 0.375. The zero-order chi connectivity index (χ0) is 15.2. The van der Waals surface area contributed by atoms with E-state index in [2.05, 4.69) is 4.40 Å². The minimum Gasteiger partial charge on any atom is -0.319 e. The van der Waals surface area contributed by atoms with Gasteiger partial charge in [-0.15, -0.1) is 0 Å². The molecule has 1 aliphatic rings. The largest absolute Gasteiger partial charge is 0.319 e. The molecule has 0 amide bonds. The molecule has 0 aliphatic heterocycles. The molecule has 0 saturated carbocycles. The zero-order valence-electron chi connectivity index (χ0n) is 12.2. The summed E-state index contributed by atoms with van der Waals surface area (Å²) in [7, 11) is -3.48. The van der Waals surface area contributed by atoms with E-state index in [-0.39, 0.29) is 0 Å². The molecule has 0 radical (unpaired) electrons. The fourth-order valence-electron chi connectivity index (χ4n) is 3.44. The molecule has 0 fully saturated rings. The fourth-order valence-corrected chi connectivity index (χ4v) is 5.17. The van der Waals surface area contributed by atoms with Gasteiger partial charge in [-0.3, -0.25) is 0 Å². The number of hydrogen-bond donors (Lipinski definition) is 0. The first kappa shape index (κ1) is 13.6. The number of pyridine rings is 1. The molecule has 1 aliphatic carbocycles. The average Bonchev–Trinajstić information content (AvgIpc) is 2.91. The van der Waals surface area contributed by atoms with Crippen LogP contribution in [0.4, 0.5) is 0 Å². The Morgan fingerprint density at radius 2 is 1.59 bits per heavy atom. The molecule has 4 rings (SSSR count). The summed E-state index contributed by atoms with van der Waals surface area (Å²) < 4.78 is 28.4. The Morgan fingerprint density at radius 3 is 2.41 bits per heavy atom. The van der Waals surface area contributed by atoms with Crippen molar-refractivity contribution in [3.63, 3.8) is 0 Å². The third-order valence-electron chi connectivity index (χ3n) is 4.42. The SMILES string of the molecule is O=S(=O)(c1ccccc1)c1c2c(n3ccccc13)CCCC2. The average molecular weight is 311 g/mol. The quantitative estimate of drug-likeness (QED) is 0.724. The van der Waals surface area contributed by atoms with Gasteiger partial charge in [0.1, 0.15) is 4.90 Å². The predicted molar refractivity (Wildman–Crippen MR) is 85.9 cm³/mol. The molecule has 1 aromatic carbocycles. The second-order valence-electron chi connectivity index (χ2n) is 5.73. The van der Waals surface area contributed by atoms with E-state index in [1.165, 1.54) is 0 Å². The van der Waals surface area contributed by atoms with E-state index in [0.717, 1.165) is 42.5 Å². The van der Waals surface area contributed by atoms with Gasteiger partial charge < -0.3 is 4.40 Å². The smallest absolute Gasteiger partial charge is 0.209 e. The van der Waals surface area contributed by atoms with Crippen LogP contribution in [0.15, 0.2) is 64.5 Å². The number of aryl methyl sites for hydroxylation is 1. The summed E-state index contributed by atoms with van der Waals surface area (Å²) in [5.74, 6) is 0. The number of hydrogen-bond acceptors (Lipinski definition) is 2.